The van der Waals surface area contributed by atoms with Gasteiger partial charge in [0.1, 0.15) is 11.9 Å². The number of halogens is 3. The van der Waals surface area contributed by atoms with Gasteiger partial charge in [0.25, 0.3) is 0 Å². The Morgan fingerprint density at radius 1 is 1.11 bits per heavy atom. The fourth-order valence-corrected chi connectivity index (χ4v) is 6.47. The molecule has 11 heteroatoms. The number of ether oxygens (including phenoxy) is 1. The second kappa shape index (κ2) is 11.7. The van der Waals surface area contributed by atoms with E-state index in [0.717, 1.165) is 4.31 Å². The molecule has 1 saturated heterocycles. The average Bonchev–Trinajstić information content (AvgIpc) is 3.22. The molecule has 3 unspecified atom stereocenters. The van der Waals surface area contributed by atoms with Crippen LogP contribution in [0.3, 0.4) is 0 Å². The Kier molecular flexibility index (Phi) is 9.15. The monoisotopic (exact) mass is 544 g/mol. The predicted octanol–water partition coefficient (Wildman–Crippen LogP) is 4.48. The van der Waals surface area contributed by atoms with Gasteiger partial charge in [0, 0.05) is 6.54 Å². The number of benzene rings is 2. The van der Waals surface area contributed by atoms with Crippen LogP contribution in [-0.4, -0.2) is 43.0 Å². The summed E-state index contributed by atoms with van der Waals surface area (Å²) in [6.45, 7) is 3.54. The van der Waals surface area contributed by atoms with Crippen molar-refractivity contribution < 1.29 is 27.1 Å². The first-order valence-electron chi connectivity index (χ1n) is 11.2. The van der Waals surface area contributed by atoms with Crippen molar-refractivity contribution in [3.8, 4) is 0 Å². The first-order chi connectivity index (χ1) is 16.6. The van der Waals surface area contributed by atoms with E-state index in [2.05, 4.69) is 5.32 Å². The molecule has 1 aliphatic heterocycles. The second-order valence-electron chi connectivity index (χ2n) is 8.22. The standard InChI is InChI=1S/C24H27Cl2FN2O5S/c1-3-11-35(32,33)29-21(23(30)28-14-15-5-8-17(27)9-6-15)13-18(24(31)34-4-2)22(29)16-7-10-19(25)20(26)12-16/h5-10,12,18,21-22H,3-4,11,13-14H2,1-2H3,(H,28,30). The van der Waals surface area contributed by atoms with Gasteiger partial charge >= 0.3 is 5.97 Å². The zero-order chi connectivity index (χ0) is 25.8. The van der Waals surface area contributed by atoms with Crippen molar-refractivity contribution in [2.24, 2.45) is 5.92 Å². The van der Waals surface area contributed by atoms with Crippen LogP contribution in [0.15, 0.2) is 42.5 Å². The van der Waals surface area contributed by atoms with Crippen LogP contribution in [0.4, 0.5) is 4.39 Å². The molecule has 3 rings (SSSR count). The molecule has 0 aliphatic carbocycles. The third kappa shape index (κ3) is 6.33. The lowest BCUT2D eigenvalue weighted by atomic mass is 9.93. The van der Waals surface area contributed by atoms with Gasteiger partial charge in [-0.1, -0.05) is 48.3 Å². The molecule has 3 atom stereocenters. The first-order valence-corrected chi connectivity index (χ1v) is 13.6. The molecular formula is C24H27Cl2FN2O5S. The molecule has 1 fully saturated rings. The van der Waals surface area contributed by atoms with Gasteiger partial charge in [0.05, 0.1) is 34.4 Å². The maximum atomic E-state index is 13.4. The topological polar surface area (TPSA) is 92.8 Å². The zero-order valence-electron chi connectivity index (χ0n) is 19.3. The van der Waals surface area contributed by atoms with Crippen molar-refractivity contribution in [2.45, 2.75) is 45.3 Å². The third-order valence-corrected chi connectivity index (χ3v) is 8.57. The molecule has 0 spiro atoms. The van der Waals surface area contributed by atoms with Gasteiger partial charge in [-0.15, -0.1) is 0 Å². The van der Waals surface area contributed by atoms with E-state index in [9.17, 15) is 22.4 Å². The van der Waals surface area contributed by atoms with E-state index in [-0.39, 0.29) is 35.4 Å². The Bertz CT molecular complexity index is 1180. The molecule has 7 nitrogen and oxygen atoms in total. The minimum Gasteiger partial charge on any atom is -0.466 e. The van der Waals surface area contributed by atoms with Crippen LogP contribution in [-0.2, 0) is 30.9 Å². The van der Waals surface area contributed by atoms with Crippen LogP contribution in [0.1, 0.15) is 43.9 Å². The van der Waals surface area contributed by atoms with Crippen molar-refractivity contribution >= 4 is 45.1 Å². The maximum Gasteiger partial charge on any atom is 0.310 e. The number of esters is 1. The number of hydrogen-bond acceptors (Lipinski definition) is 5. The van der Waals surface area contributed by atoms with E-state index in [0.29, 0.717) is 17.5 Å². The molecule has 1 aliphatic rings. The fourth-order valence-electron chi connectivity index (χ4n) is 4.26. The van der Waals surface area contributed by atoms with E-state index in [1.54, 1.807) is 19.9 Å². The van der Waals surface area contributed by atoms with Gasteiger partial charge < -0.3 is 10.1 Å². The van der Waals surface area contributed by atoms with E-state index < -0.39 is 45.7 Å². The summed E-state index contributed by atoms with van der Waals surface area (Å²) in [5.41, 5.74) is 1.08. The maximum absolute atomic E-state index is 13.4. The van der Waals surface area contributed by atoms with Gasteiger partial charge in [-0.2, -0.15) is 4.31 Å². The summed E-state index contributed by atoms with van der Waals surface area (Å²) < 4.78 is 46.4. The molecule has 0 saturated carbocycles. The largest absolute Gasteiger partial charge is 0.466 e. The van der Waals surface area contributed by atoms with Crippen LogP contribution in [0.2, 0.25) is 10.0 Å². The van der Waals surface area contributed by atoms with Crippen molar-refractivity contribution in [3.63, 3.8) is 0 Å². The van der Waals surface area contributed by atoms with Gasteiger partial charge in [-0.3, -0.25) is 9.59 Å². The fraction of sp³-hybridized carbons (Fsp3) is 0.417. The molecule has 0 radical (unpaired) electrons. The summed E-state index contributed by atoms with van der Waals surface area (Å²) >= 11 is 12.3. The lowest BCUT2D eigenvalue weighted by Gasteiger charge is -2.30. The van der Waals surface area contributed by atoms with E-state index >= 15 is 0 Å². The molecule has 0 aromatic heterocycles. The van der Waals surface area contributed by atoms with Gasteiger partial charge in [0.2, 0.25) is 15.9 Å². The van der Waals surface area contributed by atoms with Gasteiger partial charge in [-0.05, 0) is 55.2 Å². The number of carbonyl (C=O) groups excluding carboxylic acids is 2. The summed E-state index contributed by atoms with van der Waals surface area (Å²) in [6, 6.07) is 8.06. The van der Waals surface area contributed by atoms with Crippen molar-refractivity contribution in [3.05, 3.63) is 69.5 Å². The Labute approximate surface area is 214 Å². The Balaban J connectivity index is 2.02. The van der Waals surface area contributed by atoms with Crippen LogP contribution in [0.25, 0.3) is 0 Å². The van der Waals surface area contributed by atoms with Gasteiger partial charge in [-0.25, -0.2) is 12.8 Å². The molecule has 1 heterocycles. The minimum atomic E-state index is -3.96. The number of nitrogens with one attached hydrogen (secondary N) is 1. The number of amides is 1. The summed E-state index contributed by atoms with van der Waals surface area (Å²) in [7, 11) is -3.96. The molecule has 1 N–H and O–H groups in total. The zero-order valence-corrected chi connectivity index (χ0v) is 21.7. The highest BCUT2D eigenvalue weighted by atomic mass is 35.5. The van der Waals surface area contributed by atoms with Crippen molar-refractivity contribution in [2.75, 3.05) is 12.4 Å². The third-order valence-electron chi connectivity index (χ3n) is 5.78. The minimum absolute atomic E-state index is 0.0675. The molecule has 1 amide bonds. The van der Waals surface area contributed by atoms with E-state index in [1.165, 1.54) is 36.4 Å². The van der Waals surface area contributed by atoms with Crippen molar-refractivity contribution in [1.29, 1.82) is 0 Å². The molecule has 190 valence electrons. The van der Waals surface area contributed by atoms with E-state index in [1.807, 2.05) is 0 Å². The Hall–Kier alpha value is -2.20. The summed E-state index contributed by atoms with van der Waals surface area (Å²) in [5.74, 6) is -2.71. The highest BCUT2D eigenvalue weighted by Gasteiger charge is 2.53. The Morgan fingerprint density at radius 2 is 1.80 bits per heavy atom. The highest BCUT2D eigenvalue weighted by Crippen LogP contribution is 2.45. The predicted molar refractivity (Wildman–Crippen MR) is 132 cm³/mol. The lowest BCUT2D eigenvalue weighted by molar-refractivity contribution is -0.148. The summed E-state index contributed by atoms with van der Waals surface area (Å²) in [4.78, 5) is 26.2. The first kappa shape index (κ1) is 27.4. The van der Waals surface area contributed by atoms with Crippen LogP contribution in [0, 0.1) is 11.7 Å². The number of rotatable bonds is 9. The number of hydrogen-bond donors (Lipinski definition) is 1. The number of carbonyl (C=O) groups is 2. The van der Waals surface area contributed by atoms with Crippen molar-refractivity contribution in [1.82, 2.24) is 9.62 Å². The SMILES string of the molecule is CCCS(=O)(=O)N1C(C(=O)NCc2ccc(F)cc2)CC(C(=O)OCC)C1c1ccc(Cl)c(Cl)c1. The molecule has 0 bridgehead atoms. The lowest BCUT2D eigenvalue weighted by Crippen LogP contribution is -2.47. The molecule has 2 aromatic carbocycles. The second-order valence-corrected chi connectivity index (χ2v) is 11.0. The molecular weight excluding hydrogens is 518 g/mol. The van der Waals surface area contributed by atoms with Crippen LogP contribution >= 0.6 is 23.2 Å². The number of nitrogens with zero attached hydrogens (tertiary/aromatic N) is 1. The van der Waals surface area contributed by atoms with Crippen LogP contribution in [0.5, 0.6) is 0 Å². The summed E-state index contributed by atoms with van der Waals surface area (Å²) in [5, 5.41) is 3.20. The van der Waals surface area contributed by atoms with Gasteiger partial charge in [0.15, 0.2) is 0 Å². The summed E-state index contributed by atoms with van der Waals surface area (Å²) in [6.07, 6.45) is 0.253. The smallest absolute Gasteiger partial charge is 0.310 e. The average molecular weight is 545 g/mol. The quantitative estimate of drug-likeness (QED) is 0.469. The Morgan fingerprint density at radius 3 is 2.40 bits per heavy atom. The molecule has 35 heavy (non-hydrogen) atoms. The molecule has 2 aromatic rings. The van der Waals surface area contributed by atoms with Crippen LogP contribution < -0.4 is 5.32 Å². The number of sulfonamides is 1. The highest BCUT2D eigenvalue weighted by molar-refractivity contribution is 7.89. The van der Waals surface area contributed by atoms with E-state index in [4.69, 9.17) is 27.9 Å². The normalized spacial score (nSPS) is 20.5.